The number of ether oxygens (including phenoxy) is 3. The van der Waals surface area contributed by atoms with Crippen LogP contribution in [0.1, 0.15) is 0 Å². The van der Waals surface area contributed by atoms with Gasteiger partial charge in [0.1, 0.15) is 17.2 Å². The number of rotatable bonds is 13. The van der Waals surface area contributed by atoms with Crippen LogP contribution in [0, 0.1) is 0 Å². The van der Waals surface area contributed by atoms with Gasteiger partial charge in [-0.2, -0.15) is 0 Å². The fourth-order valence-corrected chi connectivity index (χ4v) is 7.09. The summed E-state index contributed by atoms with van der Waals surface area (Å²) in [5.41, 5.74) is 11.4. The number of para-hydroxylation sites is 3. The van der Waals surface area contributed by atoms with E-state index in [9.17, 15) is 0 Å². The van der Waals surface area contributed by atoms with E-state index < -0.39 is 0 Å². The normalized spacial score (nSPS) is 10.7. The van der Waals surface area contributed by atoms with Crippen LogP contribution in [0.4, 0.5) is 51.2 Å². The first-order chi connectivity index (χ1) is 28.1. The van der Waals surface area contributed by atoms with Gasteiger partial charge < -0.3 is 28.9 Å². The zero-order valence-corrected chi connectivity index (χ0v) is 32.2. The third kappa shape index (κ3) is 8.02. The van der Waals surface area contributed by atoms with E-state index in [1.54, 1.807) is 21.3 Å². The Labute approximate surface area is 335 Å². The van der Waals surface area contributed by atoms with Gasteiger partial charge in [0.05, 0.1) is 21.3 Å². The van der Waals surface area contributed by atoms with E-state index in [0.29, 0.717) is 0 Å². The van der Waals surface area contributed by atoms with Crippen LogP contribution < -0.4 is 28.9 Å². The van der Waals surface area contributed by atoms with Gasteiger partial charge in [-0.1, -0.05) is 66.7 Å². The minimum Gasteiger partial charge on any atom is -0.497 e. The summed E-state index contributed by atoms with van der Waals surface area (Å²) in [6.45, 7) is 0. The van der Waals surface area contributed by atoms with Gasteiger partial charge >= 0.3 is 0 Å². The Balaban J connectivity index is 1.30. The first-order valence-corrected chi connectivity index (χ1v) is 18.8. The molecule has 0 saturated carbocycles. The number of benzene rings is 8. The molecule has 0 unspecified atom stereocenters. The minimum absolute atomic E-state index is 0.801. The average molecular weight is 746 g/mol. The van der Waals surface area contributed by atoms with Crippen molar-refractivity contribution >= 4 is 51.2 Å². The first-order valence-electron chi connectivity index (χ1n) is 18.8. The second-order valence-electron chi connectivity index (χ2n) is 13.4. The molecular weight excluding hydrogens is 703 g/mol. The van der Waals surface area contributed by atoms with E-state index in [1.165, 1.54) is 0 Å². The highest BCUT2D eigenvalue weighted by molar-refractivity contribution is 5.88. The molecule has 6 heteroatoms. The van der Waals surface area contributed by atoms with Gasteiger partial charge in [0.2, 0.25) is 0 Å². The summed E-state index contributed by atoms with van der Waals surface area (Å²) < 4.78 is 16.6. The van der Waals surface area contributed by atoms with E-state index in [1.807, 2.05) is 54.6 Å². The molecule has 6 nitrogen and oxygen atoms in total. The Morgan fingerprint density at radius 1 is 0.246 bits per heavy atom. The average Bonchev–Trinajstić information content (AvgIpc) is 3.29. The van der Waals surface area contributed by atoms with Gasteiger partial charge in [0, 0.05) is 51.2 Å². The van der Waals surface area contributed by atoms with Crippen molar-refractivity contribution in [2.45, 2.75) is 0 Å². The molecule has 0 aliphatic heterocycles. The molecule has 0 aliphatic carbocycles. The zero-order chi connectivity index (χ0) is 39.0. The van der Waals surface area contributed by atoms with Crippen LogP contribution in [-0.2, 0) is 0 Å². The lowest BCUT2D eigenvalue weighted by atomic mass is 10.0. The topological polar surface area (TPSA) is 37.4 Å². The fraction of sp³-hybridized carbons (Fsp3) is 0.0588. The standard InChI is InChI=1S/C51H43N3O3/c1-55-49-29-23-44(24-30-49)52(40-13-7-4-8-14-40)43-21-19-38(20-22-43)39-35-47(53(41-15-9-5-10-16-41)45-25-31-50(56-2)32-26-45)37-48(36-39)54(42-17-11-6-12-18-42)46-27-33-51(57-3)34-28-46/h4-37H,1-3H3. The molecule has 0 aliphatic rings. The highest BCUT2D eigenvalue weighted by Crippen LogP contribution is 2.44. The largest absolute Gasteiger partial charge is 0.497 e. The molecular formula is C51H43N3O3. The van der Waals surface area contributed by atoms with Crippen molar-refractivity contribution in [3.8, 4) is 28.4 Å². The molecule has 8 aromatic rings. The highest BCUT2D eigenvalue weighted by atomic mass is 16.5. The van der Waals surface area contributed by atoms with Crippen LogP contribution >= 0.6 is 0 Å². The van der Waals surface area contributed by atoms with Crippen molar-refractivity contribution in [2.75, 3.05) is 36.0 Å². The lowest BCUT2D eigenvalue weighted by molar-refractivity contribution is 0.414. The van der Waals surface area contributed by atoms with Crippen LogP contribution in [0.3, 0.4) is 0 Å². The molecule has 8 aromatic carbocycles. The Kier molecular flexibility index (Phi) is 10.8. The van der Waals surface area contributed by atoms with E-state index in [4.69, 9.17) is 14.2 Å². The molecule has 0 saturated heterocycles. The summed E-state index contributed by atoms with van der Waals surface area (Å²) in [5, 5.41) is 0. The maximum Gasteiger partial charge on any atom is 0.119 e. The Morgan fingerprint density at radius 3 is 0.807 bits per heavy atom. The Hall–Kier alpha value is -7.44. The number of anilines is 9. The third-order valence-corrected chi connectivity index (χ3v) is 9.91. The lowest BCUT2D eigenvalue weighted by Gasteiger charge is -2.30. The second kappa shape index (κ2) is 16.9. The number of nitrogens with zero attached hydrogens (tertiary/aromatic N) is 3. The summed E-state index contributed by atoms with van der Waals surface area (Å²) in [6.07, 6.45) is 0. The fourth-order valence-electron chi connectivity index (χ4n) is 7.09. The lowest BCUT2D eigenvalue weighted by Crippen LogP contribution is -2.13. The molecule has 280 valence electrons. The smallest absolute Gasteiger partial charge is 0.119 e. The van der Waals surface area contributed by atoms with Crippen molar-refractivity contribution in [1.82, 2.24) is 0 Å². The van der Waals surface area contributed by atoms with E-state index in [0.717, 1.165) is 79.6 Å². The van der Waals surface area contributed by atoms with E-state index in [2.05, 4.69) is 166 Å². The second-order valence-corrected chi connectivity index (χ2v) is 13.4. The van der Waals surface area contributed by atoms with Crippen molar-refractivity contribution in [1.29, 1.82) is 0 Å². The Morgan fingerprint density at radius 2 is 0.509 bits per heavy atom. The van der Waals surface area contributed by atoms with Crippen molar-refractivity contribution < 1.29 is 14.2 Å². The molecule has 57 heavy (non-hydrogen) atoms. The number of hydrogen-bond donors (Lipinski definition) is 0. The molecule has 0 spiro atoms. The molecule has 0 bridgehead atoms. The molecule has 0 amide bonds. The van der Waals surface area contributed by atoms with Crippen LogP contribution in [0.5, 0.6) is 17.2 Å². The molecule has 0 N–H and O–H groups in total. The molecule has 8 rings (SSSR count). The van der Waals surface area contributed by atoms with Crippen LogP contribution in [0.25, 0.3) is 11.1 Å². The summed E-state index contributed by atoms with van der Waals surface area (Å²) in [4.78, 5) is 6.84. The van der Waals surface area contributed by atoms with Crippen molar-refractivity contribution in [2.24, 2.45) is 0 Å². The summed E-state index contributed by atoms with van der Waals surface area (Å²) in [7, 11) is 5.08. The molecule has 0 aromatic heterocycles. The number of methoxy groups -OCH3 is 3. The van der Waals surface area contributed by atoms with Gasteiger partial charge in [-0.05, 0) is 151 Å². The summed E-state index contributed by atoms with van der Waals surface area (Å²) in [6, 6.07) is 71.5. The Bertz CT molecular complexity index is 2380. The van der Waals surface area contributed by atoms with Gasteiger partial charge in [0.15, 0.2) is 0 Å². The SMILES string of the molecule is COc1ccc(N(c2ccccc2)c2ccc(-c3cc(N(c4ccccc4)c4ccc(OC)cc4)cc(N(c4ccccc4)c4ccc(OC)cc4)c3)cc2)cc1. The van der Waals surface area contributed by atoms with E-state index in [-0.39, 0.29) is 0 Å². The predicted octanol–water partition coefficient (Wildman–Crippen LogP) is 13.8. The summed E-state index contributed by atoms with van der Waals surface area (Å²) in [5.74, 6) is 2.42. The molecule has 0 atom stereocenters. The first kappa shape index (κ1) is 36.5. The zero-order valence-electron chi connectivity index (χ0n) is 32.2. The van der Waals surface area contributed by atoms with Gasteiger partial charge in [-0.15, -0.1) is 0 Å². The molecule has 0 fully saturated rings. The third-order valence-electron chi connectivity index (χ3n) is 9.91. The summed E-state index contributed by atoms with van der Waals surface area (Å²) >= 11 is 0. The molecule has 0 radical (unpaired) electrons. The van der Waals surface area contributed by atoms with Crippen LogP contribution in [0.2, 0.25) is 0 Å². The van der Waals surface area contributed by atoms with Crippen molar-refractivity contribution in [3.63, 3.8) is 0 Å². The monoisotopic (exact) mass is 745 g/mol. The highest BCUT2D eigenvalue weighted by Gasteiger charge is 2.20. The van der Waals surface area contributed by atoms with Crippen LogP contribution in [-0.4, -0.2) is 21.3 Å². The maximum atomic E-state index is 5.55. The predicted molar refractivity (Wildman–Crippen MR) is 236 cm³/mol. The molecule has 0 heterocycles. The van der Waals surface area contributed by atoms with Gasteiger partial charge in [-0.3, -0.25) is 0 Å². The van der Waals surface area contributed by atoms with Crippen molar-refractivity contribution in [3.05, 3.63) is 206 Å². The number of hydrogen-bond acceptors (Lipinski definition) is 6. The van der Waals surface area contributed by atoms with E-state index >= 15 is 0 Å². The quantitative estimate of drug-likeness (QED) is 0.117. The maximum absolute atomic E-state index is 5.55. The van der Waals surface area contributed by atoms with Crippen LogP contribution in [0.15, 0.2) is 206 Å². The minimum atomic E-state index is 0.801. The van der Waals surface area contributed by atoms with Gasteiger partial charge in [-0.25, -0.2) is 0 Å². The van der Waals surface area contributed by atoms with Gasteiger partial charge in [0.25, 0.3) is 0 Å².